The molecule has 5 fully saturated rings. The minimum absolute atomic E-state index is 0.0885. The molecule has 6 rings (SSSR count). The lowest BCUT2D eigenvalue weighted by Crippen LogP contribution is -2.54. The summed E-state index contributed by atoms with van der Waals surface area (Å²) in [5, 5.41) is 10.3. The van der Waals surface area contributed by atoms with Crippen molar-refractivity contribution in [3.05, 3.63) is 11.6 Å². The summed E-state index contributed by atoms with van der Waals surface area (Å²) in [6, 6.07) is 2.88. The highest BCUT2D eigenvalue weighted by molar-refractivity contribution is 5.91. The maximum absolute atomic E-state index is 12.1. The van der Waals surface area contributed by atoms with Crippen LogP contribution in [0.1, 0.15) is 71.6 Å². The minimum Gasteiger partial charge on any atom is -0.295 e. The van der Waals surface area contributed by atoms with Crippen molar-refractivity contribution < 1.29 is 4.79 Å². The fraction of sp³-hybridized carbons (Fsp3) is 0.840. The monoisotopic (exact) mass is 363 g/mol. The Morgan fingerprint density at radius 2 is 2.00 bits per heavy atom. The number of rotatable bonds is 2. The molecule has 2 heteroatoms. The van der Waals surface area contributed by atoms with Crippen molar-refractivity contribution in [2.24, 2.45) is 58.2 Å². The van der Waals surface area contributed by atoms with Gasteiger partial charge < -0.3 is 0 Å². The molecule has 0 aromatic rings. The van der Waals surface area contributed by atoms with E-state index in [9.17, 15) is 10.1 Å². The second-order valence-corrected chi connectivity index (χ2v) is 11.2. The van der Waals surface area contributed by atoms with Crippen LogP contribution in [0.15, 0.2) is 11.6 Å². The van der Waals surface area contributed by atoms with E-state index in [0.29, 0.717) is 17.6 Å². The van der Waals surface area contributed by atoms with Crippen LogP contribution >= 0.6 is 0 Å². The second kappa shape index (κ2) is 5.28. The summed E-state index contributed by atoms with van der Waals surface area (Å²) in [5.41, 5.74) is 1.71. The third kappa shape index (κ3) is 1.95. The van der Waals surface area contributed by atoms with E-state index in [2.05, 4.69) is 26.0 Å². The molecule has 0 spiro atoms. The number of fused-ring (bicyclic) bond motifs is 7. The predicted octanol–water partition coefficient (Wildman–Crippen LogP) is 5.54. The van der Waals surface area contributed by atoms with Crippen molar-refractivity contribution in [1.82, 2.24) is 0 Å². The van der Waals surface area contributed by atoms with Gasteiger partial charge in [0, 0.05) is 6.42 Å². The van der Waals surface area contributed by atoms with Gasteiger partial charge in [-0.25, -0.2) is 0 Å². The molecule has 0 aliphatic heterocycles. The maximum Gasteiger partial charge on any atom is 0.155 e. The van der Waals surface area contributed by atoms with Crippen molar-refractivity contribution in [1.29, 1.82) is 5.26 Å². The van der Waals surface area contributed by atoms with E-state index in [4.69, 9.17) is 0 Å². The van der Waals surface area contributed by atoms with Gasteiger partial charge >= 0.3 is 0 Å². The van der Waals surface area contributed by atoms with Crippen LogP contribution in [-0.4, -0.2) is 5.78 Å². The highest BCUT2D eigenvalue weighted by atomic mass is 16.1. The first-order valence-electron chi connectivity index (χ1n) is 11.7. The van der Waals surface area contributed by atoms with Crippen molar-refractivity contribution >= 4 is 5.78 Å². The molecule has 0 heterocycles. The number of allylic oxidation sites excluding steroid dienone is 1. The zero-order valence-corrected chi connectivity index (χ0v) is 16.9. The fourth-order valence-electron chi connectivity index (χ4n) is 9.37. The smallest absolute Gasteiger partial charge is 0.155 e. The fourth-order valence-corrected chi connectivity index (χ4v) is 9.37. The molecule has 5 saturated carbocycles. The predicted molar refractivity (Wildman–Crippen MR) is 104 cm³/mol. The summed E-state index contributed by atoms with van der Waals surface area (Å²) >= 11 is 0. The van der Waals surface area contributed by atoms with E-state index >= 15 is 0 Å². The Balaban J connectivity index is 1.45. The largest absolute Gasteiger partial charge is 0.295 e. The van der Waals surface area contributed by atoms with Crippen LogP contribution < -0.4 is 0 Å². The van der Waals surface area contributed by atoms with Gasteiger partial charge in [-0.15, -0.1) is 0 Å². The summed E-state index contributed by atoms with van der Waals surface area (Å²) in [6.07, 6.45) is 13.1. The molecule has 9 atom stereocenters. The average molecular weight is 364 g/mol. The number of carbonyl (C=O) groups is 1. The number of carbonyl (C=O) groups excluding carboxylic acids is 1. The summed E-state index contributed by atoms with van der Waals surface area (Å²) in [5.74, 6) is 6.73. The number of hydrogen-bond donors (Lipinski definition) is 0. The van der Waals surface area contributed by atoms with Gasteiger partial charge in [0.05, 0.1) is 11.5 Å². The van der Waals surface area contributed by atoms with Crippen LogP contribution in [0.3, 0.4) is 0 Å². The SMILES string of the molecule is CC[C@]12CC[C@H]3[C@H]([C@@H]1[C@@H]1C[C@@H]1[C@]2(C)C#N)[C@@H](C1CC1)CC1=CC(=O)CC[C@@H]13. The summed E-state index contributed by atoms with van der Waals surface area (Å²) in [6.45, 7) is 4.72. The Hall–Kier alpha value is -1.10. The van der Waals surface area contributed by atoms with Crippen LogP contribution in [0.2, 0.25) is 0 Å². The van der Waals surface area contributed by atoms with Crippen LogP contribution in [0.5, 0.6) is 0 Å². The highest BCUT2D eigenvalue weighted by Gasteiger charge is 2.76. The quantitative estimate of drug-likeness (QED) is 0.646. The highest BCUT2D eigenvalue weighted by Crippen LogP contribution is 2.80. The summed E-state index contributed by atoms with van der Waals surface area (Å²) in [4.78, 5) is 12.1. The van der Waals surface area contributed by atoms with Gasteiger partial charge in [-0.05, 0) is 117 Å². The first-order valence-corrected chi connectivity index (χ1v) is 11.7. The molecule has 0 saturated heterocycles. The van der Waals surface area contributed by atoms with Crippen LogP contribution in [0, 0.1) is 69.5 Å². The lowest BCUT2D eigenvalue weighted by atomic mass is 9.44. The zero-order chi connectivity index (χ0) is 18.6. The molecule has 2 nitrogen and oxygen atoms in total. The number of ketones is 1. The van der Waals surface area contributed by atoms with Gasteiger partial charge in [-0.3, -0.25) is 4.79 Å². The lowest BCUT2D eigenvalue weighted by Gasteiger charge is -2.60. The van der Waals surface area contributed by atoms with E-state index < -0.39 is 0 Å². The van der Waals surface area contributed by atoms with E-state index in [1.165, 1.54) is 50.5 Å². The molecule has 6 aliphatic carbocycles. The van der Waals surface area contributed by atoms with Crippen molar-refractivity contribution in [3.63, 3.8) is 0 Å². The van der Waals surface area contributed by atoms with Crippen LogP contribution in [0.25, 0.3) is 0 Å². The van der Waals surface area contributed by atoms with Gasteiger partial charge in [0.25, 0.3) is 0 Å². The van der Waals surface area contributed by atoms with E-state index in [0.717, 1.165) is 48.3 Å². The molecule has 0 N–H and O–H groups in total. The summed E-state index contributed by atoms with van der Waals surface area (Å²) in [7, 11) is 0. The zero-order valence-electron chi connectivity index (χ0n) is 16.9. The Labute approximate surface area is 163 Å². The van der Waals surface area contributed by atoms with Crippen molar-refractivity contribution in [2.45, 2.75) is 71.6 Å². The Morgan fingerprint density at radius 1 is 1.19 bits per heavy atom. The number of nitrogens with zero attached hydrogens (tertiary/aromatic N) is 1. The number of nitriles is 1. The molecule has 0 bridgehead atoms. The lowest BCUT2D eigenvalue weighted by molar-refractivity contribution is -0.118. The van der Waals surface area contributed by atoms with Crippen molar-refractivity contribution in [2.75, 3.05) is 0 Å². The number of hydrogen-bond acceptors (Lipinski definition) is 2. The van der Waals surface area contributed by atoms with E-state index in [-0.39, 0.29) is 10.8 Å². The Kier molecular flexibility index (Phi) is 3.29. The van der Waals surface area contributed by atoms with Crippen LogP contribution in [-0.2, 0) is 4.79 Å². The molecule has 27 heavy (non-hydrogen) atoms. The molecule has 6 aliphatic rings. The average Bonchev–Trinajstić information content (AvgIpc) is 3.59. The molecule has 0 aromatic heterocycles. The maximum atomic E-state index is 12.1. The normalized spacial score (nSPS) is 55.5. The molecule has 0 unspecified atom stereocenters. The molecular weight excluding hydrogens is 330 g/mol. The van der Waals surface area contributed by atoms with Gasteiger partial charge in [0.15, 0.2) is 5.78 Å². The topological polar surface area (TPSA) is 40.9 Å². The molecule has 0 aromatic carbocycles. The van der Waals surface area contributed by atoms with Crippen LogP contribution in [0.4, 0.5) is 0 Å². The van der Waals surface area contributed by atoms with Gasteiger partial charge in [0.1, 0.15) is 0 Å². The third-order valence-corrected chi connectivity index (χ3v) is 10.6. The van der Waals surface area contributed by atoms with E-state index in [1.54, 1.807) is 0 Å². The standard InChI is InChI=1S/C25H33NO/c1-3-25-9-8-18-17-7-6-16(27)10-15(17)11-19(14-4-5-14)22(18)23(25)20-12-21(20)24(25,2)13-26/h10,14,17-23H,3-9,11-12H2,1-2H3/t17-,18+,19+,20+,21-,22-,23-,24-,25-/m0/s1. The van der Waals surface area contributed by atoms with Gasteiger partial charge in [-0.2, -0.15) is 5.26 Å². The summed E-state index contributed by atoms with van der Waals surface area (Å²) < 4.78 is 0. The minimum atomic E-state index is -0.0885. The molecule has 144 valence electrons. The van der Waals surface area contributed by atoms with Gasteiger partial charge in [-0.1, -0.05) is 12.5 Å². The van der Waals surface area contributed by atoms with E-state index in [1.807, 2.05) is 0 Å². The van der Waals surface area contributed by atoms with Gasteiger partial charge in [0.2, 0.25) is 0 Å². The second-order valence-electron chi connectivity index (χ2n) is 11.2. The molecule has 0 amide bonds. The molecule has 0 radical (unpaired) electrons. The Bertz CT molecular complexity index is 772. The first-order chi connectivity index (χ1) is 13.0. The first kappa shape index (κ1) is 16.8. The molecular formula is C25H33NO. The third-order valence-electron chi connectivity index (χ3n) is 10.6. The Morgan fingerprint density at radius 3 is 2.70 bits per heavy atom. The van der Waals surface area contributed by atoms with Crippen molar-refractivity contribution in [3.8, 4) is 6.07 Å².